The summed E-state index contributed by atoms with van der Waals surface area (Å²) in [5, 5.41) is 0.525. The van der Waals surface area contributed by atoms with Crippen molar-refractivity contribution < 1.29 is 13.9 Å². The number of benzene rings is 1. The Hall–Kier alpha value is -2.71. The Morgan fingerprint density at radius 1 is 1.31 bits per heavy atom. The zero-order valence-corrected chi connectivity index (χ0v) is 17.2. The summed E-state index contributed by atoms with van der Waals surface area (Å²) < 4.78 is 11.7. The highest BCUT2D eigenvalue weighted by Gasteiger charge is 2.22. The number of furan rings is 1. The Bertz CT molecular complexity index is 1100. The number of amides is 1. The van der Waals surface area contributed by atoms with Crippen LogP contribution < -0.4 is 5.56 Å². The quantitative estimate of drug-likeness (QED) is 0.572. The van der Waals surface area contributed by atoms with Crippen LogP contribution in [0.4, 0.5) is 0 Å². The number of carbonyl (C=O) groups is 1. The van der Waals surface area contributed by atoms with E-state index < -0.39 is 0 Å². The minimum Gasteiger partial charge on any atom is -0.450 e. The normalized spacial score (nSPS) is 16.7. The number of rotatable bonds is 6. The highest BCUT2D eigenvalue weighted by Crippen LogP contribution is 2.17. The highest BCUT2D eigenvalue weighted by molar-refractivity contribution is 9.10. The van der Waals surface area contributed by atoms with Gasteiger partial charge in [0, 0.05) is 19.2 Å². The number of nitrogens with one attached hydrogen (secondary N) is 1. The van der Waals surface area contributed by atoms with Crippen molar-refractivity contribution in [1.29, 1.82) is 0 Å². The van der Waals surface area contributed by atoms with Gasteiger partial charge < -0.3 is 19.0 Å². The number of carbonyl (C=O) groups excluding carboxylic acids is 1. The number of halogens is 1. The van der Waals surface area contributed by atoms with Gasteiger partial charge in [0.1, 0.15) is 11.6 Å². The van der Waals surface area contributed by atoms with Crippen molar-refractivity contribution in [1.82, 2.24) is 14.9 Å². The lowest BCUT2D eigenvalue weighted by Gasteiger charge is -2.24. The standard InChI is InChI=1S/C21H20BrN3O4/c22-18-9-7-14(29-18)8-10-20(26)25(12-15-4-3-11-28-15)13-19-23-17-6-2-1-5-16(17)21(27)24-19/h1-2,5-10,15H,3-4,11-13H2,(H,23,24,27). The summed E-state index contributed by atoms with van der Waals surface area (Å²) in [5.74, 6) is 0.803. The molecule has 4 rings (SSSR count). The monoisotopic (exact) mass is 457 g/mol. The molecule has 1 aliphatic rings. The SMILES string of the molecule is O=C(C=Cc1ccc(Br)o1)N(Cc1nc2ccccc2c(=O)[nH]1)CC1CCCO1. The van der Waals surface area contributed by atoms with Gasteiger partial charge in [-0.25, -0.2) is 4.98 Å². The fourth-order valence-corrected chi connectivity index (χ4v) is 3.65. The lowest BCUT2D eigenvalue weighted by atomic mass is 10.2. The molecule has 1 N–H and O–H groups in total. The van der Waals surface area contributed by atoms with Crippen molar-refractivity contribution >= 4 is 38.8 Å². The van der Waals surface area contributed by atoms with Crippen LogP contribution in [0.1, 0.15) is 24.4 Å². The molecule has 1 amide bonds. The summed E-state index contributed by atoms with van der Waals surface area (Å²) >= 11 is 3.24. The van der Waals surface area contributed by atoms with Gasteiger partial charge in [-0.2, -0.15) is 0 Å². The molecule has 1 fully saturated rings. The van der Waals surface area contributed by atoms with Crippen LogP contribution in [0.3, 0.4) is 0 Å². The molecule has 0 saturated carbocycles. The van der Waals surface area contributed by atoms with Crippen LogP contribution in [0.2, 0.25) is 0 Å². The summed E-state index contributed by atoms with van der Waals surface area (Å²) in [6, 6.07) is 10.7. The van der Waals surface area contributed by atoms with Crippen molar-refractivity contribution in [2.75, 3.05) is 13.2 Å². The van der Waals surface area contributed by atoms with Crippen molar-refractivity contribution in [3.05, 3.63) is 69.1 Å². The second kappa shape index (κ2) is 8.75. The molecule has 7 nitrogen and oxygen atoms in total. The maximum atomic E-state index is 12.9. The van der Waals surface area contributed by atoms with E-state index in [1.54, 1.807) is 41.3 Å². The van der Waals surface area contributed by atoms with Crippen LogP contribution in [0.25, 0.3) is 17.0 Å². The Balaban J connectivity index is 1.57. The summed E-state index contributed by atoms with van der Waals surface area (Å²) in [7, 11) is 0. The van der Waals surface area contributed by atoms with E-state index in [1.165, 1.54) is 6.08 Å². The molecule has 0 aliphatic carbocycles. The van der Waals surface area contributed by atoms with Gasteiger partial charge in [0.2, 0.25) is 5.91 Å². The number of ether oxygens (including phenoxy) is 1. The van der Waals surface area contributed by atoms with E-state index in [0.717, 1.165) is 12.8 Å². The average Bonchev–Trinajstić information content (AvgIpc) is 3.37. The Labute approximate surface area is 175 Å². The third kappa shape index (κ3) is 4.83. The van der Waals surface area contributed by atoms with E-state index in [2.05, 4.69) is 25.9 Å². The van der Waals surface area contributed by atoms with Gasteiger partial charge >= 0.3 is 0 Å². The predicted octanol–water partition coefficient (Wildman–Crippen LogP) is 3.50. The predicted molar refractivity (Wildman–Crippen MR) is 112 cm³/mol. The Morgan fingerprint density at radius 2 is 2.17 bits per heavy atom. The molecule has 1 unspecified atom stereocenters. The molecular weight excluding hydrogens is 438 g/mol. The first kappa shape index (κ1) is 19.6. The number of aromatic nitrogens is 2. The largest absolute Gasteiger partial charge is 0.450 e. The van der Waals surface area contributed by atoms with E-state index in [9.17, 15) is 9.59 Å². The van der Waals surface area contributed by atoms with Crippen molar-refractivity contribution in [2.24, 2.45) is 0 Å². The molecular formula is C21H20BrN3O4. The average molecular weight is 458 g/mol. The maximum Gasteiger partial charge on any atom is 0.258 e. The second-order valence-corrected chi connectivity index (χ2v) is 7.64. The molecule has 3 aromatic rings. The molecule has 1 saturated heterocycles. The van der Waals surface area contributed by atoms with Gasteiger partial charge in [-0.3, -0.25) is 9.59 Å². The number of fused-ring (bicyclic) bond motifs is 1. The number of H-pyrrole nitrogens is 1. The number of nitrogens with zero attached hydrogens (tertiary/aromatic N) is 2. The molecule has 150 valence electrons. The van der Waals surface area contributed by atoms with Crippen molar-refractivity contribution in [3.8, 4) is 0 Å². The van der Waals surface area contributed by atoms with Crippen LogP contribution in [-0.2, 0) is 16.1 Å². The highest BCUT2D eigenvalue weighted by atomic mass is 79.9. The molecule has 8 heteroatoms. The fraction of sp³-hybridized carbons (Fsp3) is 0.286. The fourth-order valence-electron chi connectivity index (χ4n) is 3.33. The molecule has 0 bridgehead atoms. The lowest BCUT2D eigenvalue weighted by molar-refractivity contribution is -0.128. The van der Waals surface area contributed by atoms with Crippen LogP contribution >= 0.6 is 15.9 Å². The van der Waals surface area contributed by atoms with Gasteiger partial charge in [0.05, 0.1) is 23.6 Å². The minimum absolute atomic E-state index is 0.0164. The van der Waals surface area contributed by atoms with Gasteiger partial charge in [0.25, 0.3) is 5.56 Å². The summed E-state index contributed by atoms with van der Waals surface area (Å²) in [4.78, 5) is 34.2. The summed E-state index contributed by atoms with van der Waals surface area (Å²) in [6.07, 6.45) is 4.94. The van der Waals surface area contributed by atoms with E-state index >= 15 is 0 Å². The second-order valence-electron chi connectivity index (χ2n) is 6.86. The van der Waals surface area contributed by atoms with E-state index in [-0.39, 0.29) is 24.1 Å². The van der Waals surface area contributed by atoms with Crippen LogP contribution in [0.5, 0.6) is 0 Å². The molecule has 3 heterocycles. The van der Waals surface area contributed by atoms with Crippen molar-refractivity contribution in [3.63, 3.8) is 0 Å². The van der Waals surface area contributed by atoms with Gasteiger partial charge in [-0.05, 0) is 59.1 Å². The first-order valence-electron chi connectivity index (χ1n) is 9.40. The Kier molecular flexibility index (Phi) is 5.92. The Morgan fingerprint density at radius 3 is 2.93 bits per heavy atom. The van der Waals surface area contributed by atoms with E-state index in [1.807, 2.05) is 6.07 Å². The van der Waals surface area contributed by atoms with Gasteiger partial charge in [-0.15, -0.1) is 0 Å². The molecule has 0 spiro atoms. The lowest BCUT2D eigenvalue weighted by Crippen LogP contribution is -2.36. The van der Waals surface area contributed by atoms with Crippen LogP contribution in [-0.4, -0.2) is 40.0 Å². The van der Waals surface area contributed by atoms with Gasteiger partial charge in [0.15, 0.2) is 4.67 Å². The van der Waals surface area contributed by atoms with E-state index in [0.29, 0.717) is 40.3 Å². The third-order valence-corrected chi connectivity index (χ3v) is 5.17. The first-order valence-corrected chi connectivity index (χ1v) is 10.2. The first-order chi connectivity index (χ1) is 14.1. The number of hydrogen-bond acceptors (Lipinski definition) is 5. The summed E-state index contributed by atoms with van der Waals surface area (Å²) in [6.45, 7) is 1.32. The van der Waals surface area contributed by atoms with E-state index in [4.69, 9.17) is 9.15 Å². The zero-order chi connectivity index (χ0) is 20.2. The molecule has 1 aliphatic heterocycles. The van der Waals surface area contributed by atoms with Gasteiger partial charge in [-0.1, -0.05) is 12.1 Å². The third-order valence-electron chi connectivity index (χ3n) is 4.75. The molecule has 0 radical (unpaired) electrons. The maximum absolute atomic E-state index is 12.9. The number of para-hydroxylation sites is 1. The summed E-state index contributed by atoms with van der Waals surface area (Å²) in [5.41, 5.74) is 0.387. The molecule has 1 atom stereocenters. The molecule has 2 aromatic heterocycles. The minimum atomic E-state index is -0.217. The molecule has 1 aromatic carbocycles. The van der Waals surface area contributed by atoms with Crippen LogP contribution in [0, 0.1) is 0 Å². The number of hydrogen-bond donors (Lipinski definition) is 1. The topological polar surface area (TPSA) is 88.4 Å². The number of aromatic amines is 1. The zero-order valence-electron chi connectivity index (χ0n) is 15.6. The van der Waals surface area contributed by atoms with Crippen molar-refractivity contribution in [2.45, 2.75) is 25.5 Å². The molecule has 29 heavy (non-hydrogen) atoms. The van der Waals surface area contributed by atoms with Crippen LogP contribution in [0.15, 0.2) is 56.4 Å². The smallest absolute Gasteiger partial charge is 0.258 e.